The van der Waals surface area contributed by atoms with E-state index in [1.54, 1.807) is 0 Å². The van der Waals surface area contributed by atoms with Gasteiger partial charge in [0, 0.05) is 30.8 Å². The molecule has 4 nitrogen and oxygen atoms in total. The first-order chi connectivity index (χ1) is 25.7. The third kappa shape index (κ3) is 6.64. The number of nitrogens with zero attached hydrogens (tertiary/aromatic N) is 2. The van der Waals surface area contributed by atoms with Gasteiger partial charge < -0.3 is 9.67 Å². The molecule has 0 spiro atoms. The molecule has 0 unspecified atom stereocenters. The number of aromatic nitrogens is 2. The van der Waals surface area contributed by atoms with Crippen molar-refractivity contribution in [3.8, 4) is 0 Å². The number of rotatable bonds is 15. The molecule has 0 fully saturated rings. The Morgan fingerprint density at radius 2 is 0.923 bits per heavy atom. The molecule has 6 aromatic carbocycles. The largest absolute Gasteiger partial charge is 0.395 e. The normalized spacial score (nSPS) is 12.4. The monoisotopic (exact) mass is 681 g/mol. The predicted molar refractivity (Wildman–Crippen MR) is 212 cm³/mol. The number of unbranched alkanes of at least 4 members (excludes halogenated alkanes) is 1. The second-order valence-corrected chi connectivity index (χ2v) is 13.5. The molecule has 0 aliphatic rings. The van der Waals surface area contributed by atoms with Gasteiger partial charge in [-0.05, 0) is 39.8 Å². The standard InChI is InChI=1S/C48H47N3O/c1-2-3-34-46-49-36-45(51(46)48(41-28-16-7-17-29-41,42-30-18-8-19-31-42)43-32-20-9-21-33-43)35-44(37-52)50-47(38-22-10-4-11-23-38,39-24-12-5-13-25-39)40-26-14-6-15-27-40/h4-33,36,44,50,52H,2-3,34-35,37H2,1H3/t44-/m0/s1. The fraction of sp³-hybridized carbons (Fsp3) is 0.188. The molecule has 260 valence electrons. The molecular weight excluding hydrogens is 635 g/mol. The van der Waals surface area contributed by atoms with Crippen molar-refractivity contribution in [3.63, 3.8) is 0 Å². The van der Waals surface area contributed by atoms with Crippen molar-refractivity contribution in [1.29, 1.82) is 0 Å². The maximum atomic E-state index is 11.4. The van der Waals surface area contributed by atoms with E-state index in [1.165, 1.54) is 0 Å². The third-order valence-electron chi connectivity index (χ3n) is 10.3. The van der Waals surface area contributed by atoms with Crippen LogP contribution in [0.5, 0.6) is 0 Å². The van der Waals surface area contributed by atoms with Crippen LogP contribution in [0.4, 0.5) is 0 Å². The molecule has 7 aromatic rings. The number of nitrogens with one attached hydrogen (secondary N) is 1. The van der Waals surface area contributed by atoms with Gasteiger partial charge in [0.1, 0.15) is 11.4 Å². The molecule has 0 saturated heterocycles. The molecule has 0 radical (unpaired) electrons. The van der Waals surface area contributed by atoms with Crippen LogP contribution in [0.1, 0.15) is 64.7 Å². The zero-order valence-corrected chi connectivity index (χ0v) is 29.9. The number of aryl methyl sites for hydroxylation is 1. The van der Waals surface area contributed by atoms with E-state index >= 15 is 0 Å². The number of hydrogen-bond acceptors (Lipinski definition) is 3. The Balaban J connectivity index is 1.45. The third-order valence-corrected chi connectivity index (χ3v) is 10.3. The van der Waals surface area contributed by atoms with Crippen LogP contribution in [-0.2, 0) is 23.9 Å². The molecule has 52 heavy (non-hydrogen) atoms. The van der Waals surface area contributed by atoms with E-state index in [1.807, 2.05) is 6.20 Å². The second-order valence-electron chi connectivity index (χ2n) is 13.5. The highest BCUT2D eigenvalue weighted by atomic mass is 16.3. The Morgan fingerprint density at radius 3 is 1.27 bits per heavy atom. The number of aliphatic hydroxyl groups is 1. The fourth-order valence-electron chi connectivity index (χ4n) is 7.95. The Labute approximate surface area is 308 Å². The summed E-state index contributed by atoms with van der Waals surface area (Å²) in [6.45, 7) is 2.16. The average molecular weight is 682 g/mol. The summed E-state index contributed by atoms with van der Waals surface area (Å²) in [5.41, 5.74) is 6.40. The Bertz CT molecular complexity index is 1910. The van der Waals surface area contributed by atoms with Gasteiger partial charge in [-0.3, -0.25) is 5.32 Å². The van der Waals surface area contributed by atoms with Crippen LogP contribution in [0.2, 0.25) is 0 Å². The number of aliphatic hydroxyl groups excluding tert-OH is 1. The summed E-state index contributed by atoms with van der Waals surface area (Å²) in [5, 5.41) is 15.5. The lowest BCUT2D eigenvalue weighted by atomic mass is 9.75. The van der Waals surface area contributed by atoms with Crippen molar-refractivity contribution in [3.05, 3.63) is 233 Å². The molecule has 1 aromatic heterocycles. The summed E-state index contributed by atoms with van der Waals surface area (Å²) in [7, 11) is 0. The van der Waals surface area contributed by atoms with Gasteiger partial charge in [0.15, 0.2) is 0 Å². The highest BCUT2D eigenvalue weighted by Gasteiger charge is 2.43. The molecule has 4 heteroatoms. The van der Waals surface area contributed by atoms with E-state index < -0.39 is 11.1 Å². The molecule has 0 amide bonds. The number of benzene rings is 6. The van der Waals surface area contributed by atoms with Gasteiger partial charge in [0.2, 0.25) is 0 Å². The van der Waals surface area contributed by atoms with Crippen molar-refractivity contribution in [2.75, 3.05) is 6.61 Å². The van der Waals surface area contributed by atoms with Crippen LogP contribution < -0.4 is 5.32 Å². The summed E-state index contributed by atoms with van der Waals surface area (Å²) in [5.74, 6) is 1.03. The minimum Gasteiger partial charge on any atom is -0.395 e. The van der Waals surface area contributed by atoms with Crippen LogP contribution in [0.25, 0.3) is 0 Å². The van der Waals surface area contributed by atoms with E-state index in [-0.39, 0.29) is 12.6 Å². The lowest BCUT2D eigenvalue weighted by molar-refractivity contribution is 0.218. The molecule has 1 atom stereocenters. The highest BCUT2D eigenvalue weighted by molar-refractivity contribution is 5.53. The molecule has 0 aliphatic heterocycles. The van der Waals surface area contributed by atoms with Gasteiger partial charge in [-0.25, -0.2) is 4.98 Å². The van der Waals surface area contributed by atoms with Crippen LogP contribution in [-0.4, -0.2) is 27.3 Å². The maximum Gasteiger partial charge on any atom is 0.122 e. The number of hydrogen-bond donors (Lipinski definition) is 2. The zero-order valence-electron chi connectivity index (χ0n) is 29.9. The van der Waals surface area contributed by atoms with E-state index in [2.05, 4.69) is 199 Å². The maximum absolute atomic E-state index is 11.4. The van der Waals surface area contributed by atoms with Gasteiger partial charge in [0.05, 0.1) is 12.1 Å². The summed E-state index contributed by atoms with van der Waals surface area (Å²) in [6, 6.07) is 63.9. The average Bonchev–Trinajstić information content (AvgIpc) is 3.63. The topological polar surface area (TPSA) is 50.1 Å². The van der Waals surface area contributed by atoms with Gasteiger partial charge in [-0.1, -0.05) is 195 Å². The minimum absolute atomic E-state index is 0.0707. The van der Waals surface area contributed by atoms with Crippen LogP contribution in [0.15, 0.2) is 188 Å². The molecule has 2 N–H and O–H groups in total. The van der Waals surface area contributed by atoms with Gasteiger partial charge in [-0.2, -0.15) is 0 Å². The molecule has 7 rings (SSSR count). The van der Waals surface area contributed by atoms with Crippen LogP contribution in [0.3, 0.4) is 0 Å². The lowest BCUT2D eigenvalue weighted by Crippen LogP contribution is -2.52. The van der Waals surface area contributed by atoms with Crippen molar-refractivity contribution < 1.29 is 5.11 Å². The minimum atomic E-state index is -0.734. The Morgan fingerprint density at radius 1 is 0.558 bits per heavy atom. The molecule has 0 aliphatic carbocycles. The fourth-order valence-corrected chi connectivity index (χ4v) is 7.95. The van der Waals surface area contributed by atoms with E-state index in [4.69, 9.17) is 4.98 Å². The first-order valence-electron chi connectivity index (χ1n) is 18.5. The van der Waals surface area contributed by atoms with Crippen molar-refractivity contribution in [2.24, 2.45) is 0 Å². The van der Waals surface area contributed by atoms with Crippen LogP contribution >= 0.6 is 0 Å². The zero-order chi connectivity index (χ0) is 35.6. The van der Waals surface area contributed by atoms with Crippen molar-refractivity contribution in [2.45, 2.75) is 49.7 Å². The highest BCUT2D eigenvalue weighted by Crippen LogP contribution is 2.43. The van der Waals surface area contributed by atoms with Gasteiger partial charge in [0.25, 0.3) is 0 Å². The SMILES string of the molecule is CCCCc1ncc(C[C@@H](CO)NC(c2ccccc2)(c2ccccc2)c2ccccc2)n1C(c1ccccc1)(c1ccccc1)c1ccccc1. The quantitative estimate of drug-likeness (QED) is 0.106. The molecular formula is C48H47N3O. The smallest absolute Gasteiger partial charge is 0.122 e. The van der Waals surface area contributed by atoms with Crippen molar-refractivity contribution in [1.82, 2.24) is 14.9 Å². The molecule has 0 bridgehead atoms. The predicted octanol–water partition coefficient (Wildman–Crippen LogP) is 9.55. The summed E-state index contributed by atoms with van der Waals surface area (Å²) < 4.78 is 2.49. The summed E-state index contributed by atoms with van der Waals surface area (Å²) >= 11 is 0. The Hall–Kier alpha value is -5.55. The van der Waals surface area contributed by atoms with E-state index in [9.17, 15) is 5.11 Å². The first-order valence-corrected chi connectivity index (χ1v) is 18.5. The molecule has 0 saturated carbocycles. The van der Waals surface area contributed by atoms with Crippen molar-refractivity contribution >= 4 is 0 Å². The van der Waals surface area contributed by atoms with Gasteiger partial charge >= 0.3 is 0 Å². The second kappa shape index (κ2) is 16.2. The van der Waals surface area contributed by atoms with E-state index in [0.717, 1.165) is 64.2 Å². The molecule has 1 heterocycles. The van der Waals surface area contributed by atoms with Gasteiger partial charge in [-0.15, -0.1) is 0 Å². The lowest BCUT2D eigenvalue weighted by Gasteiger charge is -2.42. The summed E-state index contributed by atoms with van der Waals surface area (Å²) in [4.78, 5) is 5.21. The van der Waals surface area contributed by atoms with Crippen LogP contribution in [0, 0.1) is 0 Å². The Kier molecular flexibility index (Phi) is 10.9. The number of imidazole rings is 1. The van der Waals surface area contributed by atoms with E-state index in [0.29, 0.717) is 6.42 Å². The summed E-state index contributed by atoms with van der Waals surface area (Å²) in [6.07, 6.45) is 5.51. The first kappa shape index (κ1) is 34.9.